The molecule has 1 aromatic carbocycles. The Hall–Kier alpha value is -3.21. The van der Waals surface area contributed by atoms with Gasteiger partial charge in [-0.05, 0) is 19.9 Å². The Bertz CT molecular complexity index is 964. The van der Waals surface area contributed by atoms with Crippen LogP contribution in [-0.2, 0) is 0 Å². The lowest BCUT2D eigenvalue weighted by molar-refractivity contribution is 0.0697. The molecule has 0 fully saturated rings. The summed E-state index contributed by atoms with van der Waals surface area (Å²) in [7, 11) is 0. The molecule has 1 N–H and O–H groups in total. The molecular weight excluding hydrogens is 301 g/mol. The van der Waals surface area contributed by atoms with E-state index in [2.05, 4.69) is 10.2 Å². The van der Waals surface area contributed by atoms with Gasteiger partial charge in [0.2, 0.25) is 0 Å². The second-order valence-electron chi connectivity index (χ2n) is 5.30. The molecule has 0 spiro atoms. The number of aromatic nitrogens is 4. The normalized spacial score (nSPS) is 11.1. The summed E-state index contributed by atoms with van der Waals surface area (Å²) in [5.74, 6) is -1.67. The number of aromatic carboxylic acids is 1. The third-order valence-corrected chi connectivity index (χ3v) is 3.43. The predicted octanol–water partition coefficient (Wildman–Crippen LogP) is 2.51. The summed E-state index contributed by atoms with van der Waals surface area (Å²) in [6.45, 7) is 3.68. The molecular formula is C15H12FN5O2. The van der Waals surface area contributed by atoms with Gasteiger partial charge in [-0.2, -0.15) is 15.5 Å². The third-order valence-electron chi connectivity index (χ3n) is 3.43. The zero-order valence-electron chi connectivity index (χ0n) is 12.4. The monoisotopic (exact) mass is 313 g/mol. The zero-order chi connectivity index (χ0) is 16.7. The van der Waals surface area contributed by atoms with Crippen LogP contribution in [0.15, 0.2) is 24.5 Å². The Morgan fingerprint density at radius 1 is 1.43 bits per heavy atom. The number of hydrogen-bond donors (Lipinski definition) is 1. The summed E-state index contributed by atoms with van der Waals surface area (Å²) in [6.07, 6.45) is 2.45. The molecule has 0 saturated carbocycles. The van der Waals surface area contributed by atoms with E-state index in [1.165, 1.54) is 27.8 Å². The maximum Gasteiger partial charge on any atom is 0.338 e. The van der Waals surface area contributed by atoms with Gasteiger partial charge in [0.05, 0.1) is 17.4 Å². The quantitative estimate of drug-likeness (QED) is 0.801. The van der Waals surface area contributed by atoms with Crippen molar-refractivity contribution in [1.82, 2.24) is 19.6 Å². The highest BCUT2D eigenvalue weighted by atomic mass is 19.1. The van der Waals surface area contributed by atoms with E-state index in [4.69, 9.17) is 5.11 Å². The highest BCUT2D eigenvalue weighted by Gasteiger charge is 2.18. The number of rotatable bonds is 3. The number of nitrogens with zero attached hydrogens (tertiary/aromatic N) is 5. The lowest BCUT2D eigenvalue weighted by atomic mass is 10.1. The van der Waals surface area contributed by atoms with Gasteiger partial charge in [-0.3, -0.25) is 4.68 Å². The van der Waals surface area contributed by atoms with Crippen LogP contribution < -0.4 is 0 Å². The van der Waals surface area contributed by atoms with Crippen molar-refractivity contribution in [3.05, 3.63) is 41.6 Å². The van der Waals surface area contributed by atoms with Gasteiger partial charge in [0.15, 0.2) is 11.5 Å². The van der Waals surface area contributed by atoms with Crippen LogP contribution >= 0.6 is 0 Å². The van der Waals surface area contributed by atoms with Gasteiger partial charge in [0.25, 0.3) is 0 Å². The summed E-state index contributed by atoms with van der Waals surface area (Å²) in [5, 5.41) is 26.6. The minimum Gasteiger partial charge on any atom is -0.478 e. The fourth-order valence-electron chi connectivity index (χ4n) is 2.37. The van der Waals surface area contributed by atoms with Crippen LogP contribution in [0.25, 0.3) is 16.6 Å². The lowest BCUT2D eigenvalue weighted by Gasteiger charge is -2.08. The molecule has 0 aliphatic heterocycles. The number of benzene rings is 1. The number of carbonyl (C=O) groups is 1. The maximum absolute atomic E-state index is 14.5. The first-order valence-corrected chi connectivity index (χ1v) is 6.82. The minimum atomic E-state index is -1.12. The number of nitriles is 1. The van der Waals surface area contributed by atoms with E-state index < -0.39 is 11.8 Å². The molecule has 2 heterocycles. The van der Waals surface area contributed by atoms with Crippen molar-refractivity contribution in [1.29, 1.82) is 5.26 Å². The minimum absolute atomic E-state index is 0.0103. The molecule has 0 atom stereocenters. The van der Waals surface area contributed by atoms with Gasteiger partial charge >= 0.3 is 5.97 Å². The summed E-state index contributed by atoms with van der Waals surface area (Å²) >= 11 is 0. The molecule has 0 unspecified atom stereocenters. The summed E-state index contributed by atoms with van der Waals surface area (Å²) in [4.78, 5) is 10.9. The van der Waals surface area contributed by atoms with E-state index in [1.54, 1.807) is 6.07 Å². The van der Waals surface area contributed by atoms with Crippen molar-refractivity contribution in [3.63, 3.8) is 0 Å². The fourth-order valence-corrected chi connectivity index (χ4v) is 2.37. The molecule has 7 nitrogen and oxygen atoms in total. The van der Waals surface area contributed by atoms with Crippen LogP contribution in [0.4, 0.5) is 4.39 Å². The number of halogens is 1. The summed E-state index contributed by atoms with van der Waals surface area (Å²) in [6, 6.07) is 4.65. The first-order chi connectivity index (χ1) is 10.9. The van der Waals surface area contributed by atoms with Crippen molar-refractivity contribution < 1.29 is 14.3 Å². The van der Waals surface area contributed by atoms with E-state index in [0.717, 1.165) is 0 Å². The van der Waals surface area contributed by atoms with Crippen molar-refractivity contribution in [3.8, 4) is 11.8 Å². The Morgan fingerprint density at radius 2 is 2.17 bits per heavy atom. The van der Waals surface area contributed by atoms with Crippen molar-refractivity contribution in [2.45, 2.75) is 19.9 Å². The zero-order valence-corrected chi connectivity index (χ0v) is 12.4. The van der Waals surface area contributed by atoms with Crippen LogP contribution in [0.3, 0.4) is 0 Å². The molecule has 0 bridgehead atoms. The summed E-state index contributed by atoms with van der Waals surface area (Å²) in [5.41, 5.74) is 0.664. The van der Waals surface area contributed by atoms with Crippen LogP contribution in [0.5, 0.6) is 0 Å². The van der Waals surface area contributed by atoms with Crippen molar-refractivity contribution in [2.75, 3.05) is 0 Å². The molecule has 0 radical (unpaired) electrons. The van der Waals surface area contributed by atoms with Crippen molar-refractivity contribution >= 4 is 16.9 Å². The molecule has 116 valence electrons. The van der Waals surface area contributed by atoms with E-state index in [9.17, 15) is 14.4 Å². The van der Waals surface area contributed by atoms with Crippen LogP contribution in [-0.4, -0.2) is 30.6 Å². The van der Waals surface area contributed by atoms with E-state index in [1.807, 2.05) is 19.9 Å². The van der Waals surface area contributed by atoms with Gasteiger partial charge in [0, 0.05) is 23.7 Å². The largest absolute Gasteiger partial charge is 0.478 e. The second kappa shape index (κ2) is 5.21. The highest BCUT2D eigenvalue weighted by molar-refractivity contribution is 5.88. The smallest absolute Gasteiger partial charge is 0.338 e. The number of carboxylic acids is 1. The van der Waals surface area contributed by atoms with Gasteiger partial charge in [0.1, 0.15) is 11.6 Å². The van der Waals surface area contributed by atoms with Gasteiger partial charge < -0.3 is 5.11 Å². The standard InChI is InChI=1S/C15H12FN5O2/c1-8(2)21-14-11(13(5-17)19-21)3-10(4-12(14)16)20-7-9(6-18-20)15(22)23/h3-4,6-8H,1-2H3,(H,22,23). The van der Waals surface area contributed by atoms with E-state index in [-0.39, 0.29) is 22.8 Å². The predicted molar refractivity (Wildman–Crippen MR) is 78.9 cm³/mol. The molecule has 3 aromatic rings. The van der Waals surface area contributed by atoms with Crippen LogP contribution in [0.2, 0.25) is 0 Å². The topological polar surface area (TPSA) is 96.7 Å². The third kappa shape index (κ3) is 2.32. The number of carboxylic acid groups (broad SMARTS) is 1. The van der Waals surface area contributed by atoms with Crippen LogP contribution in [0.1, 0.15) is 35.9 Å². The van der Waals surface area contributed by atoms with E-state index >= 15 is 0 Å². The molecule has 0 aliphatic carbocycles. The average molecular weight is 313 g/mol. The summed E-state index contributed by atoms with van der Waals surface area (Å²) < 4.78 is 17.2. The van der Waals surface area contributed by atoms with Gasteiger partial charge in [-0.15, -0.1) is 0 Å². The van der Waals surface area contributed by atoms with E-state index in [0.29, 0.717) is 11.1 Å². The van der Waals surface area contributed by atoms with Crippen molar-refractivity contribution in [2.24, 2.45) is 0 Å². The Morgan fingerprint density at radius 3 is 2.74 bits per heavy atom. The van der Waals surface area contributed by atoms with Gasteiger partial charge in [-0.25, -0.2) is 13.9 Å². The second-order valence-corrected chi connectivity index (χ2v) is 5.30. The first kappa shape index (κ1) is 14.7. The Kier molecular flexibility index (Phi) is 3.33. The molecule has 2 aromatic heterocycles. The molecule has 8 heteroatoms. The molecule has 0 saturated heterocycles. The first-order valence-electron chi connectivity index (χ1n) is 6.82. The SMILES string of the molecule is CC(C)n1nc(C#N)c2cc(-n3cc(C(=O)O)cn3)cc(F)c21. The maximum atomic E-state index is 14.5. The number of fused-ring (bicyclic) bond motifs is 1. The Balaban J connectivity index is 2.25. The number of hydrogen-bond acceptors (Lipinski definition) is 4. The Labute approximate surface area is 130 Å². The highest BCUT2D eigenvalue weighted by Crippen LogP contribution is 2.27. The molecule has 23 heavy (non-hydrogen) atoms. The fraction of sp³-hybridized carbons (Fsp3) is 0.200. The lowest BCUT2D eigenvalue weighted by Crippen LogP contribution is -2.04. The average Bonchev–Trinajstić information content (AvgIpc) is 3.11. The molecule has 3 rings (SSSR count). The molecule has 0 aliphatic rings. The van der Waals surface area contributed by atoms with Crippen LogP contribution in [0, 0.1) is 17.1 Å². The molecule has 0 amide bonds. The van der Waals surface area contributed by atoms with Gasteiger partial charge in [-0.1, -0.05) is 0 Å².